The van der Waals surface area contributed by atoms with Crippen LogP contribution in [0.25, 0.3) is 6.08 Å². The fourth-order valence-corrected chi connectivity index (χ4v) is 4.34. The van der Waals surface area contributed by atoms with Crippen LogP contribution in [0, 0.1) is 6.92 Å². The molecule has 0 amide bonds. The van der Waals surface area contributed by atoms with Gasteiger partial charge in [0.1, 0.15) is 5.75 Å². The molecule has 6 nitrogen and oxygen atoms in total. The van der Waals surface area contributed by atoms with Crippen molar-refractivity contribution in [3.05, 3.63) is 59.2 Å². The minimum atomic E-state index is -3.85. The topological polar surface area (TPSA) is 72.9 Å². The zero-order valence-electron chi connectivity index (χ0n) is 15.4. The maximum Gasteiger partial charge on any atom is 0.335 e. The number of methoxy groups -OCH3 is 1. The Labute approximate surface area is 159 Å². The van der Waals surface area contributed by atoms with Gasteiger partial charge in [-0.3, -0.25) is 4.31 Å². The van der Waals surface area contributed by atoms with Gasteiger partial charge >= 0.3 is 5.97 Å². The quantitative estimate of drug-likeness (QED) is 0.737. The van der Waals surface area contributed by atoms with Gasteiger partial charge in [0, 0.05) is 5.56 Å². The summed E-state index contributed by atoms with van der Waals surface area (Å²) in [5.74, 6) is 0.0397. The summed E-state index contributed by atoms with van der Waals surface area (Å²) in [6.45, 7) is 3.72. The molecule has 0 atom stereocenters. The van der Waals surface area contributed by atoms with E-state index in [1.54, 1.807) is 55.5 Å². The molecular formula is C20H21NO5S. The Hall–Kier alpha value is -2.80. The monoisotopic (exact) mass is 387 g/mol. The molecule has 7 heteroatoms. The van der Waals surface area contributed by atoms with Crippen molar-refractivity contribution in [2.45, 2.75) is 18.7 Å². The average molecular weight is 387 g/mol. The number of aryl methyl sites for hydroxylation is 1. The van der Waals surface area contributed by atoms with Crippen LogP contribution in [0.5, 0.6) is 5.75 Å². The minimum Gasteiger partial charge on any atom is -0.497 e. The highest BCUT2D eigenvalue weighted by atomic mass is 32.2. The number of sulfonamides is 1. The van der Waals surface area contributed by atoms with Crippen molar-refractivity contribution in [2.75, 3.05) is 24.6 Å². The Morgan fingerprint density at radius 1 is 1.15 bits per heavy atom. The van der Waals surface area contributed by atoms with E-state index in [4.69, 9.17) is 9.47 Å². The standard InChI is InChI=1S/C20H21NO5S/c1-4-26-20(22)16-11-15-12-17(25-3)7-10-19(15)21(13-16)27(23,24)18-8-5-14(2)6-9-18/h5-12H,4,13H2,1-3H3. The summed E-state index contributed by atoms with van der Waals surface area (Å²) in [4.78, 5) is 12.4. The van der Waals surface area contributed by atoms with Crippen molar-refractivity contribution in [3.8, 4) is 5.75 Å². The first kappa shape index (κ1) is 19.0. The van der Waals surface area contributed by atoms with Crippen molar-refractivity contribution in [3.63, 3.8) is 0 Å². The molecule has 3 rings (SSSR count). The molecule has 0 unspecified atom stereocenters. The van der Waals surface area contributed by atoms with Crippen molar-refractivity contribution in [1.82, 2.24) is 0 Å². The smallest absolute Gasteiger partial charge is 0.335 e. The predicted octanol–water partition coefficient (Wildman–Crippen LogP) is 3.16. The van der Waals surface area contributed by atoms with E-state index in [0.717, 1.165) is 5.56 Å². The Morgan fingerprint density at radius 3 is 2.48 bits per heavy atom. The molecule has 2 aromatic rings. The van der Waals surface area contributed by atoms with E-state index in [9.17, 15) is 13.2 Å². The molecule has 0 saturated carbocycles. The van der Waals surface area contributed by atoms with Gasteiger partial charge in [-0.15, -0.1) is 0 Å². The first-order valence-electron chi connectivity index (χ1n) is 8.52. The van der Waals surface area contributed by atoms with Gasteiger partial charge in [0.25, 0.3) is 10.0 Å². The van der Waals surface area contributed by atoms with Crippen LogP contribution in [0.2, 0.25) is 0 Å². The summed E-state index contributed by atoms with van der Waals surface area (Å²) in [6.07, 6.45) is 1.65. The molecule has 0 fully saturated rings. The van der Waals surface area contributed by atoms with Crippen LogP contribution in [0.1, 0.15) is 18.1 Å². The number of nitrogens with zero attached hydrogens (tertiary/aromatic N) is 1. The molecule has 27 heavy (non-hydrogen) atoms. The number of rotatable bonds is 5. The Bertz CT molecular complexity index is 994. The highest BCUT2D eigenvalue weighted by Crippen LogP contribution is 2.35. The molecule has 0 bridgehead atoms. The Kier molecular flexibility index (Phi) is 5.23. The first-order chi connectivity index (χ1) is 12.9. The largest absolute Gasteiger partial charge is 0.497 e. The minimum absolute atomic E-state index is 0.0889. The van der Waals surface area contributed by atoms with Gasteiger partial charge in [0.15, 0.2) is 0 Å². The molecule has 2 aromatic carbocycles. The lowest BCUT2D eigenvalue weighted by Gasteiger charge is -2.30. The van der Waals surface area contributed by atoms with Crippen LogP contribution in [0.15, 0.2) is 52.9 Å². The van der Waals surface area contributed by atoms with Crippen molar-refractivity contribution < 1.29 is 22.7 Å². The van der Waals surface area contributed by atoms with Gasteiger partial charge in [-0.05, 0) is 50.3 Å². The zero-order valence-corrected chi connectivity index (χ0v) is 16.2. The molecule has 0 N–H and O–H groups in total. The van der Waals surface area contributed by atoms with Gasteiger partial charge in [-0.2, -0.15) is 0 Å². The Morgan fingerprint density at radius 2 is 1.85 bits per heavy atom. The number of anilines is 1. The second kappa shape index (κ2) is 7.44. The highest BCUT2D eigenvalue weighted by molar-refractivity contribution is 7.92. The molecule has 0 aromatic heterocycles. The van der Waals surface area contributed by atoms with Crippen LogP contribution >= 0.6 is 0 Å². The summed E-state index contributed by atoms with van der Waals surface area (Å²) in [5.41, 5.74) is 2.31. The maximum absolute atomic E-state index is 13.3. The van der Waals surface area contributed by atoms with Crippen LogP contribution < -0.4 is 9.04 Å². The summed E-state index contributed by atoms with van der Waals surface area (Å²) in [7, 11) is -2.32. The molecule has 0 aliphatic carbocycles. The predicted molar refractivity (Wildman–Crippen MR) is 103 cm³/mol. The SMILES string of the molecule is CCOC(=O)C1=Cc2cc(OC)ccc2N(S(=O)(=O)c2ccc(C)cc2)C1. The molecular weight excluding hydrogens is 366 g/mol. The first-order valence-corrected chi connectivity index (χ1v) is 9.96. The summed E-state index contributed by atoms with van der Waals surface area (Å²) in [5, 5.41) is 0. The number of esters is 1. The number of hydrogen-bond acceptors (Lipinski definition) is 5. The number of benzene rings is 2. The third-order valence-electron chi connectivity index (χ3n) is 4.29. The van der Waals surface area contributed by atoms with Crippen LogP contribution in [-0.2, 0) is 19.6 Å². The van der Waals surface area contributed by atoms with E-state index in [1.807, 2.05) is 6.92 Å². The molecule has 0 radical (unpaired) electrons. The van der Waals surface area contributed by atoms with Gasteiger partial charge in [0.2, 0.25) is 0 Å². The van der Waals surface area contributed by atoms with E-state index in [0.29, 0.717) is 17.0 Å². The molecule has 1 aliphatic rings. The number of ether oxygens (including phenoxy) is 2. The second-order valence-electron chi connectivity index (χ2n) is 6.14. The number of fused-ring (bicyclic) bond motifs is 1. The normalized spacial score (nSPS) is 13.6. The second-order valence-corrected chi connectivity index (χ2v) is 8.00. The summed E-state index contributed by atoms with van der Waals surface area (Å²) >= 11 is 0. The van der Waals surface area contributed by atoms with Gasteiger partial charge in [-0.1, -0.05) is 17.7 Å². The summed E-state index contributed by atoms with van der Waals surface area (Å²) in [6, 6.07) is 11.7. The van der Waals surface area contributed by atoms with Gasteiger partial charge in [-0.25, -0.2) is 13.2 Å². The number of hydrogen-bond donors (Lipinski definition) is 0. The molecule has 1 aliphatic heterocycles. The van der Waals surface area contributed by atoms with E-state index in [2.05, 4.69) is 0 Å². The van der Waals surface area contributed by atoms with E-state index >= 15 is 0 Å². The number of carbonyl (C=O) groups is 1. The maximum atomic E-state index is 13.3. The van der Waals surface area contributed by atoms with Gasteiger partial charge in [0.05, 0.1) is 36.4 Å². The van der Waals surface area contributed by atoms with Crippen LogP contribution in [0.3, 0.4) is 0 Å². The van der Waals surface area contributed by atoms with Crippen molar-refractivity contribution in [2.24, 2.45) is 0 Å². The fraction of sp³-hybridized carbons (Fsp3) is 0.250. The highest BCUT2D eigenvalue weighted by Gasteiger charge is 2.32. The zero-order chi connectivity index (χ0) is 19.6. The van der Waals surface area contributed by atoms with E-state index in [1.165, 1.54) is 11.4 Å². The lowest BCUT2D eigenvalue weighted by atomic mass is 10.0. The lowest BCUT2D eigenvalue weighted by Crippen LogP contribution is -2.37. The fourth-order valence-electron chi connectivity index (χ4n) is 2.87. The Balaban J connectivity index is 2.12. The van der Waals surface area contributed by atoms with E-state index < -0.39 is 16.0 Å². The lowest BCUT2D eigenvalue weighted by molar-refractivity contribution is -0.138. The molecule has 0 spiro atoms. The van der Waals surface area contributed by atoms with Gasteiger partial charge < -0.3 is 9.47 Å². The molecule has 1 heterocycles. The molecule has 0 saturated heterocycles. The van der Waals surface area contributed by atoms with Crippen LogP contribution in [-0.4, -0.2) is 34.6 Å². The summed E-state index contributed by atoms with van der Waals surface area (Å²) < 4.78 is 38.1. The van der Waals surface area contributed by atoms with Crippen molar-refractivity contribution >= 4 is 27.8 Å². The third kappa shape index (κ3) is 3.68. The third-order valence-corrected chi connectivity index (χ3v) is 6.07. The average Bonchev–Trinajstić information content (AvgIpc) is 2.67. The number of carbonyl (C=O) groups excluding carboxylic acids is 1. The van der Waals surface area contributed by atoms with Crippen molar-refractivity contribution in [1.29, 1.82) is 0 Å². The molecule has 142 valence electrons. The van der Waals surface area contributed by atoms with E-state index in [-0.39, 0.29) is 23.6 Å². The van der Waals surface area contributed by atoms with Crippen LogP contribution in [0.4, 0.5) is 5.69 Å².